The Morgan fingerprint density at radius 1 is 1.27 bits per heavy atom. The van der Waals surface area contributed by atoms with Gasteiger partial charge in [0.25, 0.3) is 5.56 Å². The lowest BCUT2D eigenvalue weighted by atomic mass is 10.1. The molecule has 0 fully saturated rings. The average molecular weight is 354 g/mol. The van der Waals surface area contributed by atoms with Gasteiger partial charge in [0.05, 0.1) is 18.1 Å². The first-order valence-corrected chi connectivity index (χ1v) is 8.43. The SMILES string of the molecule is Cc1cccc(NC(=O)CCn2cnc3c(cnn3C(C)(C)C)c2=O)n1. The maximum absolute atomic E-state index is 12.6. The molecule has 0 aliphatic rings. The molecule has 1 amide bonds. The Balaban J connectivity index is 1.74. The van der Waals surface area contributed by atoms with Crippen molar-refractivity contribution >= 4 is 22.8 Å². The molecule has 8 heteroatoms. The van der Waals surface area contributed by atoms with Gasteiger partial charge in [0.15, 0.2) is 5.65 Å². The average Bonchev–Trinajstić information content (AvgIpc) is 2.99. The van der Waals surface area contributed by atoms with Crippen LogP contribution in [0.15, 0.2) is 35.5 Å². The minimum atomic E-state index is -0.270. The second-order valence-electron chi connectivity index (χ2n) is 7.17. The maximum Gasteiger partial charge on any atom is 0.264 e. The van der Waals surface area contributed by atoms with Crippen LogP contribution in [0.4, 0.5) is 5.82 Å². The van der Waals surface area contributed by atoms with Gasteiger partial charge in [0.1, 0.15) is 11.2 Å². The van der Waals surface area contributed by atoms with Gasteiger partial charge in [-0.2, -0.15) is 5.10 Å². The summed E-state index contributed by atoms with van der Waals surface area (Å²) in [7, 11) is 0. The van der Waals surface area contributed by atoms with E-state index in [4.69, 9.17) is 0 Å². The Labute approximate surface area is 150 Å². The van der Waals surface area contributed by atoms with Gasteiger partial charge in [0, 0.05) is 18.7 Å². The molecule has 3 rings (SSSR count). The normalized spacial score (nSPS) is 11.7. The summed E-state index contributed by atoms with van der Waals surface area (Å²) in [6.07, 6.45) is 3.14. The highest BCUT2D eigenvalue weighted by Crippen LogP contribution is 2.17. The molecule has 0 atom stereocenters. The minimum absolute atomic E-state index is 0.149. The Kier molecular flexibility index (Phi) is 4.58. The quantitative estimate of drug-likeness (QED) is 0.774. The molecule has 0 bridgehead atoms. The van der Waals surface area contributed by atoms with Gasteiger partial charge >= 0.3 is 0 Å². The summed E-state index contributed by atoms with van der Waals surface area (Å²) in [5.74, 6) is 0.294. The monoisotopic (exact) mass is 354 g/mol. The van der Waals surface area contributed by atoms with E-state index in [1.165, 1.54) is 17.1 Å². The second kappa shape index (κ2) is 6.70. The zero-order chi connectivity index (χ0) is 18.9. The first kappa shape index (κ1) is 17.8. The van der Waals surface area contributed by atoms with Crippen LogP contribution in [0.2, 0.25) is 0 Å². The zero-order valence-corrected chi connectivity index (χ0v) is 15.4. The van der Waals surface area contributed by atoms with Crippen LogP contribution in [0.3, 0.4) is 0 Å². The molecule has 0 aliphatic heterocycles. The molecule has 3 heterocycles. The summed E-state index contributed by atoms with van der Waals surface area (Å²) in [6, 6.07) is 5.41. The second-order valence-corrected chi connectivity index (χ2v) is 7.17. The van der Waals surface area contributed by atoms with Gasteiger partial charge in [0.2, 0.25) is 5.91 Å². The molecule has 8 nitrogen and oxygen atoms in total. The molecular formula is C18H22N6O2. The zero-order valence-electron chi connectivity index (χ0n) is 15.4. The lowest BCUT2D eigenvalue weighted by Gasteiger charge is -2.19. The van der Waals surface area contributed by atoms with E-state index in [1.807, 2.05) is 39.8 Å². The molecule has 0 aromatic carbocycles. The number of nitrogens with zero attached hydrogens (tertiary/aromatic N) is 5. The number of anilines is 1. The first-order chi connectivity index (χ1) is 12.3. The minimum Gasteiger partial charge on any atom is -0.311 e. The Hall–Kier alpha value is -3.03. The smallest absolute Gasteiger partial charge is 0.264 e. The molecule has 0 aliphatic carbocycles. The number of hydrogen-bond donors (Lipinski definition) is 1. The number of rotatable bonds is 4. The maximum atomic E-state index is 12.6. The van der Waals surface area contributed by atoms with Gasteiger partial charge in [-0.3, -0.25) is 14.2 Å². The highest BCUT2D eigenvalue weighted by Gasteiger charge is 2.19. The van der Waals surface area contributed by atoms with E-state index in [2.05, 4.69) is 20.4 Å². The number of pyridine rings is 1. The topological polar surface area (TPSA) is 94.7 Å². The van der Waals surface area contributed by atoms with Crippen molar-refractivity contribution in [2.75, 3.05) is 5.32 Å². The fourth-order valence-electron chi connectivity index (χ4n) is 2.64. The molecular weight excluding hydrogens is 332 g/mol. The van der Waals surface area contributed by atoms with Crippen molar-refractivity contribution in [2.24, 2.45) is 0 Å². The molecule has 0 saturated carbocycles. The molecule has 3 aromatic rings. The van der Waals surface area contributed by atoms with Crippen LogP contribution in [0.25, 0.3) is 11.0 Å². The lowest BCUT2D eigenvalue weighted by molar-refractivity contribution is -0.116. The van der Waals surface area contributed by atoms with Crippen molar-refractivity contribution < 1.29 is 4.79 Å². The molecule has 1 N–H and O–H groups in total. The largest absolute Gasteiger partial charge is 0.311 e. The number of aromatic nitrogens is 5. The van der Waals surface area contributed by atoms with E-state index >= 15 is 0 Å². The molecule has 136 valence electrons. The van der Waals surface area contributed by atoms with Crippen molar-refractivity contribution in [2.45, 2.75) is 46.2 Å². The van der Waals surface area contributed by atoms with Crippen LogP contribution < -0.4 is 10.9 Å². The molecule has 26 heavy (non-hydrogen) atoms. The Morgan fingerprint density at radius 3 is 2.73 bits per heavy atom. The van der Waals surface area contributed by atoms with E-state index in [0.29, 0.717) is 16.9 Å². The van der Waals surface area contributed by atoms with Gasteiger partial charge in [-0.15, -0.1) is 0 Å². The van der Waals surface area contributed by atoms with Crippen LogP contribution in [0.1, 0.15) is 32.9 Å². The summed E-state index contributed by atoms with van der Waals surface area (Å²) < 4.78 is 3.16. The number of fused-ring (bicyclic) bond motifs is 1. The number of aryl methyl sites for hydroxylation is 2. The number of nitrogens with one attached hydrogen (secondary N) is 1. The summed E-state index contributed by atoms with van der Waals surface area (Å²) >= 11 is 0. The lowest BCUT2D eigenvalue weighted by Crippen LogP contribution is -2.26. The Bertz CT molecular complexity index is 1010. The van der Waals surface area contributed by atoms with E-state index < -0.39 is 0 Å². The fourth-order valence-corrected chi connectivity index (χ4v) is 2.64. The molecule has 0 radical (unpaired) electrons. The van der Waals surface area contributed by atoms with Crippen molar-refractivity contribution in [3.05, 3.63) is 46.8 Å². The number of carbonyl (C=O) groups is 1. The van der Waals surface area contributed by atoms with E-state index in [-0.39, 0.29) is 30.0 Å². The van der Waals surface area contributed by atoms with Gasteiger partial charge in [-0.25, -0.2) is 14.6 Å². The third kappa shape index (κ3) is 3.63. The van der Waals surface area contributed by atoms with Gasteiger partial charge < -0.3 is 5.32 Å². The predicted octanol–water partition coefficient (Wildman–Crippen LogP) is 2.08. The highest BCUT2D eigenvalue weighted by molar-refractivity contribution is 5.89. The van der Waals surface area contributed by atoms with Crippen molar-refractivity contribution in [3.63, 3.8) is 0 Å². The van der Waals surface area contributed by atoms with E-state index in [1.54, 1.807) is 10.7 Å². The molecule has 0 unspecified atom stereocenters. The molecule has 0 saturated heterocycles. The number of hydrogen-bond acceptors (Lipinski definition) is 5. The van der Waals surface area contributed by atoms with Crippen LogP contribution in [-0.2, 0) is 16.9 Å². The summed E-state index contributed by atoms with van der Waals surface area (Å²) in [4.78, 5) is 33.3. The first-order valence-electron chi connectivity index (χ1n) is 8.43. The van der Waals surface area contributed by atoms with Crippen LogP contribution >= 0.6 is 0 Å². The van der Waals surface area contributed by atoms with E-state index in [9.17, 15) is 9.59 Å². The van der Waals surface area contributed by atoms with Crippen molar-refractivity contribution in [1.82, 2.24) is 24.3 Å². The highest BCUT2D eigenvalue weighted by atomic mass is 16.2. The number of amides is 1. The molecule has 0 spiro atoms. The van der Waals surface area contributed by atoms with Crippen molar-refractivity contribution in [3.8, 4) is 0 Å². The van der Waals surface area contributed by atoms with Crippen LogP contribution in [-0.4, -0.2) is 30.2 Å². The summed E-state index contributed by atoms with van der Waals surface area (Å²) in [5.41, 5.74) is 0.900. The van der Waals surface area contributed by atoms with Crippen molar-refractivity contribution in [1.29, 1.82) is 0 Å². The van der Waals surface area contributed by atoms with Crippen LogP contribution in [0.5, 0.6) is 0 Å². The Morgan fingerprint density at radius 2 is 2.04 bits per heavy atom. The van der Waals surface area contributed by atoms with E-state index in [0.717, 1.165) is 5.69 Å². The predicted molar refractivity (Wildman–Crippen MR) is 99.0 cm³/mol. The summed E-state index contributed by atoms with van der Waals surface area (Å²) in [5, 5.41) is 7.46. The van der Waals surface area contributed by atoms with Gasteiger partial charge in [-0.05, 0) is 39.8 Å². The number of carbonyl (C=O) groups excluding carboxylic acids is 1. The van der Waals surface area contributed by atoms with Gasteiger partial charge in [-0.1, -0.05) is 6.07 Å². The summed E-state index contributed by atoms with van der Waals surface area (Å²) in [6.45, 7) is 8.08. The fraction of sp³-hybridized carbons (Fsp3) is 0.389. The standard InChI is InChI=1S/C18H22N6O2/c1-12-6-5-7-14(21-12)22-15(25)8-9-23-11-19-16-13(17(23)26)10-20-24(16)18(2,3)4/h5-7,10-11H,8-9H2,1-4H3,(H,21,22,25). The van der Waals surface area contributed by atoms with Crippen LogP contribution in [0, 0.1) is 6.92 Å². The third-order valence-corrected chi connectivity index (χ3v) is 3.93. The third-order valence-electron chi connectivity index (χ3n) is 3.93. The molecule has 3 aromatic heterocycles.